The van der Waals surface area contributed by atoms with Crippen LogP contribution in [0, 0.1) is 5.82 Å². The number of halogens is 1. The molecule has 1 heterocycles. The Balaban J connectivity index is 1.42. The van der Waals surface area contributed by atoms with Crippen molar-refractivity contribution < 1.29 is 32.8 Å². The summed E-state index contributed by atoms with van der Waals surface area (Å²) >= 11 is 0. The summed E-state index contributed by atoms with van der Waals surface area (Å²) in [6.45, 7) is 13.2. The zero-order valence-corrected chi connectivity index (χ0v) is 21.8. The first-order valence-corrected chi connectivity index (χ1v) is 12.2. The number of nitrogens with one attached hydrogen (secondary N) is 2. The molecule has 0 spiro atoms. The maximum absolute atomic E-state index is 14.7. The Kier molecular flexibility index (Phi) is 8.06. The Labute approximate surface area is 207 Å². The summed E-state index contributed by atoms with van der Waals surface area (Å²) in [5.74, 6) is -0.453. The van der Waals surface area contributed by atoms with E-state index in [0.29, 0.717) is 36.7 Å². The molecule has 1 aliphatic heterocycles. The third kappa shape index (κ3) is 7.33. The summed E-state index contributed by atoms with van der Waals surface area (Å²) in [5.41, 5.74) is -0.642. The fourth-order valence-electron chi connectivity index (χ4n) is 3.99. The summed E-state index contributed by atoms with van der Waals surface area (Å²) < 4.78 is 37.4. The number of rotatable bonds is 5. The second-order valence-electron chi connectivity index (χ2n) is 11.3. The van der Waals surface area contributed by atoms with Crippen molar-refractivity contribution in [3.63, 3.8) is 0 Å². The highest BCUT2D eigenvalue weighted by molar-refractivity contribution is 6.62. The van der Waals surface area contributed by atoms with E-state index < -0.39 is 41.9 Å². The standard InChI is InChI=1S/C25H38BFN2O6/c1-23(2,3)33-22(31)29-18-10-12-19(13-11-18)32-21(30)28-15-16-8-9-17(14-20(16)27)26-34-24(4,5)25(6,7)35-26/h8-9,14,18-19H,10-13,15H2,1-7H3,(H,28,30)(H,29,31). The van der Waals surface area contributed by atoms with Crippen LogP contribution in [0.5, 0.6) is 0 Å². The van der Waals surface area contributed by atoms with Gasteiger partial charge in [-0.2, -0.15) is 0 Å². The van der Waals surface area contributed by atoms with Crippen LogP contribution in [0.4, 0.5) is 14.0 Å². The van der Waals surface area contributed by atoms with Gasteiger partial charge in [-0.3, -0.25) is 0 Å². The van der Waals surface area contributed by atoms with Crippen LogP contribution in [0.15, 0.2) is 18.2 Å². The first-order valence-electron chi connectivity index (χ1n) is 12.2. The molecule has 2 fully saturated rings. The van der Waals surface area contributed by atoms with Crippen molar-refractivity contribution in [1.82, 2.24) is 10.6 Å². The zero-order valence-electron chi connectivity index (χ0n) is 21.8. The molecule has 0 aromatic heterocycles. The Morgan fingerprint density at radius 2 is 1.66 bits per heavy atom. The predicted octanol–water partition coefficient (Wildman–Crippen LogP) is 4.19. The highest BCUT2D eigenvalue weighted by atomic mass is 19.1. The van der Waals surface area contributed by atoms with Crippen LogP contribution in [0.1, 0.15) is 79.7 Å². The Bertz CT molecular complexity index is 909. The molecule has 1 aromatic carbocycles. The SMILES string of the molecule is CC(C)(C)OC(=O)NC1CCC(OC(=O)NCc2ccc(B3OC(C)(C)C(C)(C)O3)cc2F)CC1. The Hall–Kier alpha value is -2.33. The van der Waals surface area contributed by atoms with Gasteiger partial charge >= 0.3 is 19.3 Å². The second kappa shape index (κ2) is 10.3. The number of hydrogen-bond acceptors (Lipinski definition) is 6. The molecule has 0 radical (unpaired) electrons. The van der Waals surface area contributed by atoms with Crippen molar-refractivity contribution in [2.75, 3.05) is 0 Å². The van der Waals surface area contributed by atoms with Crippen molar-refractivity contribution >= 4 is 24.8 Å². The van der Waals surface area contributed by atoms with Crippen LogP contribution in [-0.4, -0.2) is 48.3 Å². The maximum atomic E-state index is 14.7. The average Bonchev–Trinajstić information content (AvgIpc) is 2.94. The van der Waals surface area contributed by atoms with E-state index in [9.17, 15) is 14.0 Å². The van der Waals surface area contributed by atoms with Crippen LogP contribution in [-0.2, 0) is 25.3 Å². The number of carbonyl (C=O) groups is 2. The van der Waals surface area contributed by atoms with Gasteiger partial charge in [0.25, 0.3) is 0 Å². The third-order valence-corrected chi connectivity index (χ3v) is 6.69. The summed E-state index contributed by atoms with van der Waals surface area (Å²) in [6.07, 6.45) is 1.35. The number of hydrogen-bond donors (Lipinski definition) is 2. The summed E-state index contributed by atoms with van der Waals surface area (Å²) in [5, 5.41) is 5.48. The highest BCUT2D eigenvalue weighted by Gasteiger charge is 2.51. The van der Waals surface area contributed by atoms with Gasteiger partial charge in [-0.15, -0.1) is 0 Å². The number of benzene rings is 1. The fourth-order valence-corrected chi connectivity index (χ4v) is 3.99. The number of carbonyl (C=O) groups excluding carboxylic acids is 2. The van der Waals surface area contributed by atoms with Crippen molar-refractivity contribution in [2.45, 2.75) is 110 Å². The summed E-state index contributed by atoms with van der Waals surface area (Å²) in [6, 6.07) is 4.73. The van der Waals surface area contributed by atoms with E-state index in [2.05, 4.69) is 10.6 Å². The van der Waals surface area contributed by atoms with Gasteiger partial charge in [-0.05, 0) is 85.7 Å². The molecule has 1 aromatic rings. The Morgan fingerprint density at radius 1 is 1.06 bits per heavy atom. The lowest BCUT2D eigenvalue weighted by Gasteiger charge is -2.32. The molecular weight excluding hydrogens is 454 g/mol. The molecule has 2 N–H and O–H groups in total. The van der Waals surface area contributed by atoms with E-state index in [1.54, 1.807) is 12.1 Å². The van der Waals surface area contributed by atoms with Gasteiger partial charge in [0.2, 0.25) is 0 Å². The Morgan fingerprint density at radius 3 is 2.20 bits per heavy atom. The van der Waals surface area contributed by atoms with Crippen LogP contribution in [0.2, 0.25) is 0 Å². The van der Waals surface area contributed by atoms with E-state index >= 15 is 0 Å². The molecule has 10 heteroatoms. The van der Waals surface area contributed by atoms with Gasteiger partial charge < -0.3 is 29.4 Å². The highest BCUT2D eigenvalue weighted by Crippen LogP contribution is 2.36. The summed E-state index contributed by atoms with van der Waals surface area (Å²) in [4.78, 5) is 24.2. The second-order valence-corrected chi connectivity index (χ2v) is 11.3. The van der Waals surface area contributed by atoms with E-state index in [1.165, 1.54) is 6.07 Å². The van der Waals surface area contributed by atoms with Crippen molar-refractivity contribution in [3.8, 4) is 0 Å². The van der Waals surface area contributed by atoms with Crippen LogP contribution < -0.4 is 16.1 Å². The van der Waals surface area contributed by atoms with E-state index in [1.807, 2.05) is 48.5 Å². The minimum absolute atomic E-state index is 0.00383. The van der Waals surface area contributed by atoms with E-state index in [0.717, 1.165) is 0 Å². The smallest absolute Gasteiger partial charge is 0.446 e. The fraction of sp³-hybridized carbons (Fsp3) is 0.680. The molecule has 1 aliphatic carbocycles. The van der Waals surface area contributed by atoms with Gasteiger partial charge in [-0.1, -0.05) is 12.1 Å². The first kappa shape index (κ1) is 27.3. The minimum atomic E-state index is -0.651. The first-order chi connectivity index (χ1) is 16.1. The lowest BCUT2D eigenvalue weighted by molar-refractivity contribution is 0.00578. The molecule has 1 saturated carbocycles. The van der Waals surface area contributed by atoms with Gasteiger partial charge in [0.1, 0.15) is 17.5 Å². The lowest BCUT2D eigenvalue weighted by atomic mass is 9.78. The summed E-state index contributed by atoms with van der Waals surface area (Å²) in [7, 11) is -0.651. The van der Waals surface area contributed by atoms with Crippen molar-refractivity contribution in [3.05, 3.63) is 29.6 Å². The molecule has 8 nitrogen and oxygen atoms in total. The van der Waals surface area contributed by atoms with Crippen LogP contribution in [0.25, 0.3) is 0 Å². The molecule has 2 amide bonds. The molecule has 0 atom stereocenters. The molecule has 1 saturated heterocycles. The molecule has 35 heavy (non-hydrogen) atoms. The molecule has 0 unspecified atom stereocenters. The molecule has 0 bridgehead atoms. The molecular formula is C25H38BFN2O6. The van der Waals surface area contributed by atoms with Gasteiger partial charge in [-0.25, -0.2) is 14.0 Å². The van der Waals surface area contributed by atoms with Crippen molar-refractivity contribution in [2.24, 2.45) is 0 Å². The van der Waals surface area contributed by atoms with Crippen LogP contribution >= 0.6 is 0 Å². The van der Waals surface area contributed by atoms with Crippen LogP contribution in [0.3, 0.4) is 0 Å². The van der Waals surface area contributed by atoms with E-state index in [-0.39, 0.29) is 18.7 Å². The van der Waals surface area contributed by atoms with Gasteiger partial charge in [0, 0.05) is 18.2 Å². The monoisotopic (exact) mass is 492 g/mol. The predicted molar refractivity (Wildman–Crippen MR) is 131 cm³/mol. The lowest BCUT2D eigenvalue weighted by Crippen LogP contribution is -2.42. The van der Waals surface area contributed by atoms with Gasteiger partial charge in [0.15, 0.2) is 0 Å². The molecule has 2 aliphatic rings. The molecule has 3 rings (SSSR count). The number of amides is 2. The quantitative estimate of drug-likeness (QED) is 0.599. The normalized spacial score (nSPS) is 23.5. The number of ether oxygens (including phenoxy) is 2. The third-order valence-electron chi connectivity index (χ3n) is 6.69. The maximum Gasteiger partial charge on any atom is 0.494 e. The molecule has 194 valence electrons. The number of alkyl carbamates (subject to hydrolysis) is 2. The minimum Gasteiger partial charge on any atom is -0.446 e. The zero-order chi connectivity index (χ0) is 26.0. The van der Waals surface area contributed by atoms with Gasteiger partial charge in [0.05, 0.1) is 11.2 Å². The topological polar surface area (TPSA) is 95.1 Å². The average molecular weight is 492 g/mol. The largest absolute Gasteiger partial charge is 0.494 e. The van der Waals surface area contributed by atoms with Crippen molar-refractivity contribution in [1.29, 1.82) is 0 Å². The van der Waals surface area contributed by atoms with E-state index in [4.69, 9.17) is 18.8 Å².